The summed E-state index contributed by atoms with van der Waals surface area (Å²) in [4.78, 5) is 11.5. The van der Waals surface area contributed by atoms with E-state index in [9.17, 15) is 0 Å². The molecule has 0 unspecified atom stereocenters. The van der Waals surface area contributed by atoms with Gasteiger partial charge in [0.2, 0.25) is 17.2 Å². The Balaban J connectivity index is 2.81. The van der Waals surface area contributed by atoms with E-state index in [2.05, 4.69) is 25.6 Å². The molecule has 0 fully saturated rings. The molecule has 0 saturated heterocycles. The molecule has 0 aliphatic heterocycles. The lowest BCUT2D eigenvalue weighted by molar-refractivity contribution is 0.203. The van der Waals surface area contributed by atoms with Gasteiger partial charge in [0, 0.05) is 0 Å². The van der Waals surface area contributed by atoms with Crippen LogP contribution in [-0.4, -0.2) is 73.9 Å². The molecule has 0 amide bonds. The number of halogens is 1. The summed E-state index contributed by atoms with van der Waals surface area (Å²) in [5.74, 6) is 0.121. The van der Waals surface area contributed by atoms with Crippen LogP contribution < -0.4 is 10.6 Å². The quantitative estimate of drug-likeness (QED) is 0.322. The largest absolute Gasteiger partial charge is 0.394 e. The Morgan fingerprint density at radius 3 is 1.47 bits per heavy atom. The molecule has 19 heavy (non-hydrogen) atoms. The van der Waals surface area contributed by atoms with Gasteiger partial charge in [-0.3, -0.25) is 0 Å². The highest BCUT2D eigenvalue weighted by Gasteiger charge is 2.12. The van der Waals surface area contributed by atoms with Crippen LogP contribution in [0.2, 0.25) is 5.28 Å². The van der Waals surface area contributed by atoms with Crippen LogP contribution in [0.4, 0.5) is 11.9 Å². The van der Waals surface area contributed by atoms with Crippen molar-refractivity contribution in [2.75, 3.05) is 37.1 Å². The molecule has 9 nitrogen and oxygen atoms in total. The molecule has 0 spiro atoms. The summed E-state index contributed by atoms with van der Waals surface area (Å²) >= 11 is 5.70. The molecule has 0 aliphatic carbocycles. The van der Waals surface area contributed by atoms with Gasteiger partial charge in [0.15, 0.2) is 0 Å². The van der Waals surface area contributed by atoms with Crippen molar-refractivity contribution in [3.05, 3.63) is 5.28 Å². The van der Waals surface area contributed by atoms with E-state index >= 15 is 0 Å². The zero-order valence-electron chi connectivity index (χ0n) is 9.99. The third kappa shape index (κ3) is 5.09. The summed E-state index contributed by atoms with van der Waals surface area (Å²) in [7, 11) is 0. The van der Waals surface area contributed by atoms with Gasteiger partial charge in [-0.1, -0.05) is 0 Å². The molecule has 6 N–H and O–H groups in total. The van der Waals surface area contributed by atoms with Crippen LogP contribution in [0.25, 0.3) is 0 Å². The molecule has 1 rings (SSSR count). The van der Waals surface area contributed by atoms with Gasteiger partial charge in [-0.15, -0.1) is 0 Å². The van der Waals surface area contributed by atoms with E-state index in [1.807, 2.05) is 0 Å². The molecule has 0 radical (unpaired) electrons. The first kappa shape index (κ1) is 15.8. The normalized spacial score (nSPS) is 11.1. The number of aliphatic hydroxyl groups is 4. The summed E-state index contributed by atoms with van der Waals surface area (Å²) in [6, 6.07) is -1.25. The van der Waals surface area contributed by atoms with E-state index in [0.29, 0.717) is 0 Å². The van der Waals surface area contributed by atoms with E-state index in [-0.39, 0.29) is 43.6 Å². The molecule has 0 atom stereocenters. The molecule has 0 bridgehead atoms. The van der Waals surface area contributed by atoms with Gasteiger partial charge < -0.3 is 31.1 Å². The van der Waals surface area contributed by atoms with E-state index in [1.165, 1.54) is 0 Å². The molecular weight excluding hydrogens is 278 g/mol. The monoisotopic (exact) mass is 293 g/mol. The van der Waals surface area contributed by atoms with Crippen LogP contribution in [0.15, 0.2) is 0 Å². The highest BCUT2D eigenvalue weighted by molar-refractivity contribution is 6.28. The molecule has 0 aliphatic rings. The molecule has 0 aromatic carbocycles. The lowest BCUT2D eigenvalue weighted by Crippen LogP contribution is -2.31. The van der Waals surface area contributed by atoms with Crippen molar-refractivity contribution in [2.45, 2.75) is 12.1 Å². The van der Waals surface area contributed by atoms with Crippen molar-refractivity contribution < 1.29 is 20.4 Å². The number of aliphatic hydroxyl groups excluding tert-OH is 4. The topological polar surface area (TPSA) is 144 Å². The highest BCUT2D eigenvalue weighted by atomic mass is 35.5. The zero-order chi connectivity index (χ0) is 14.3. The minimum atomic E-state index is -0.627. The fraction of sp³-hybridized carbons (Fsp3) is 0.667. The molecule has 0 saturated carbocycles. The zero-order valence-corrected chi connectivity index (χ0v) is 10.7. The summed E-state index contributed by atoms with van der Waals surface area (Å²) in [6.07, 6.45) is 0. The van der Waals surface area contributed by atoms with Gasteiger partial charge in [-0.05, 0) is 11.6 Å². The number of nitrogens with one attached hydrogen (secondary N) is 2. The third-order valence-corrected chi connectivity index (χ3v) is 2.33. The Bertz CT molecular complexity index is 357. The minimum Gasteiger partial charge on any atom is -0.394 e. The lowest BCUT2D eigenvalue weighted by atomic mass is 10.3. The van der Waals surface area contributed by atoms with Crippen LogP contribution in [0.5, 0.6) is 0 Å². The maximum Gasteiger partial charge on any atom is 0.229 e. The Labute approximate surface area is 114 Å². The molecule has 108 valence electrons. The van der Waals surface area contributed by atoms with Crippen LogP contribution in [0, 0.1) is 0 Å². The highest BCUT2D eigenvalue weighted by Crippen LogP contribution is 2.11. The van der Waals surface area contributed by atoms with Crippen molar-refractivity contribution in [3.63, 3.8) is 0 Å². The average molecular weight is 294 g/mol. The van der Waals surface area contributed by atoms with Gasteiger partial charge in [-0.2, -0.15) is 15.0 Å². The lowest BCUT2D eigenvalue weighted by Gasteiger charge is -2.16. The fourth-order valence-electron chi connectivity index (χ4n) is 1.14. The predicted molar refractivity (Wildman–Crippen MR) is 68.0 cm³/mol. The Morgan fingerprint density at radius 2 is 1.16 bits per heavy atom. The van der Waals surface area contributed by atoms with Crippen LogP contribution in [-0.2, 0) is 0 Å². The Hall–Kier alpha value is -1.26. The summed E-state index contributed by atoms with van der Waals surface area (Å²) in [5, 5.41) is 41.0. The van der Waals surface area contributed by atoms with Crippen LogP contribution in [0.3, 0.4) is 0 Å². The first-order valence-corrected chi connectivity index (χ1v) is 5.88. The molecular formula is C9H16ClN5O4. The first-order chi connectivity index (χ1) is 9.12. The van der Waals surface area contributed by atoms with Crippen molar-refractivity contribution in [1.29, 1.82) is 0 Å². The van der Waals surface area contributed by atoms with Gasteiger partial charge in [0.1, 0.15) is 0 Å². The second-order valence-electron chi connectivity index (χ2n) is 3.66. The number of nitrogens with zero attached hydrogens (tertiary/aromatic N) is 3. The maximum absolute atomic E-state index is 8.94. The van der Waals surface area contributed by atoms with Gasteiger partial charge in [-0.25, -0.2) is 0 Å². The van der Waals surface area contributed by atoms with E-state index in [0.717, 1.165) is 0 Å². The van der Waals surface area contributed by atoms with Crippen molar-refractivity contribution in [2.24, 2.45) is 0 Å². The van der Waals surface area contributed by atoms with Crippen molar-refractivity contribution in [3.8, 4) is 0 Å². The van der Waals surface area contributed by atoms with Crippen molar-refractivity contribution >= 4 is 23.5 Å². The molecule has 1 heterocycles. The smallest absolute Gasteiger partial charge is 0.229 e. The van der Waals surface area contributed by atoms with E-state index in [4.69, 9.17) is 32.0 Å². The number of aromatic nitrogens is 3. The van der Waals surface area contributed by atoms with Crippen molar-refractivity contribution in [1.82, 2.24) is 15.0 Å². The number of rotatable bonds is 8. The summed E-state index contributed by atoms with van der Waals surface area (Å²) in [5.41, 5.74) is 0. The Morgan fingerprint density at radius 1 is 0.789 bits per heavy atom. The number of hydrogen-bond acceptors (Lipinski definition) is 9. The van der Waals surface area contributed by atoms with Crippen LogP contribution in [0.1, 0.15) is 0 Å². The molecule has 10 heteroatoms. The SMILES string of the molecule is OCC(CO)Nc1nc(Cl)nc(NC(CO)CO)n1. The number of hydrogen-bond donors (Lipinski definition) is 6. The molecule has 1 aromatic heterocycles. The van der Waals surface area contributed by atoms with Gasteiger partial charge >= 0.3 is 0 Å². The molecule has 1 aromatic rings. The third-order valence-electron chi connectivity index (χ3n) is 2.16. The first-order valence-electron chi connectivity index (χ1n) is 5.51. The van der Waals surface area contributed by atoms with E-state index < -0.39 is 12.1 Å². The second kappa shape index (κ2) is 8.02. The summed E-state index contributed by atoms with van der Waals surface area (Å²) in [6.45, 7) is -1.23. The maximum atomic E-state index is 8.94. The second-order valence-corrected chi connectivity index (χ2v) is 4.00. The Kier molecular flexibility index (Phi) is 6.67. The summed E-state index contributed by atoms with van der Waals surface area (Å²) < 4.78 is 0. The van der Waals surface area contributed by atoms with Gasteiger partial charge in [0.05, 0.1) is 38.5 Å². The van der Waals surface area contributed by atoms with E-state index in [1.54, 1.807) is 0 Å². The minimum absolute atomic E-state index is 0.0604. The predicted octanol–water partition coefficient (Wildman–Crippen LogP) is -1.94. The van der Waals surface area contributed by atoms with Gasteiger partial charge in [0.25, 0.3) is 0 Å². The number of anilines is 2. The van der Waals surface area contributed by atoms with Crippen LogP contribution >= 0.6 is 11.6 Å². The standard InChI is InChI=1S/C9H16ClN5O4/c10-7-13-8(11-5(1-16)2-17)15-9(14-7)12-6(3-18)4-19/h5-6,16-19H,1-4H2,(H2,11,12,13,14,15). The average Bonchev–Trinajstić information content (AvgIpc) is 2.41. The fourth-order valence-corrected chi connectivity index (χ4v) is 1.30.